The van der Waals surface area contributed by atoms with Crippen molar-refractivity contribution in [3.63, 3.8) is 0 Å². The molecule has 0 spiro atoms. The van der Waals surface area contributed by atoms with Crippen LogP contribution in [-0.4, -0.2) is 47.1 Å². The fraction of sp³-hybridized carbons (Fsp3) is 0.476. The van der Waals surface area contributed by atoms with Crippen LogP contribution in [-0.2, 0) is 36.8 Å². The summed E-state index contributed by atoms with van der Waals surface area (Å²) in [6.45, 7) is 0.810. The van der Waals surface area contributed by atoms with E-state index in [0.29, 0.717) is 23.4 Å². The molecule has 0 saturated carbocycles. The quantitative estimate of drug-likeness (QED) is 0.383. The number of hydrogen-bond donors (Lipinski definition) is 2. The zero-order chi connectivity index (χ0) is 22.3. The summed E-state index contributed by atoms with van der Waals surface area (Å²) in [6, 6.07) is -1.12. The molecule has 2 aliphatic carbocycles. The van der Waals surface area contributed by atoms with Crippen LogP contribution in [0.4, 0.5) is 5.00 Å². The van der Waals surface area contributed by atoms with Gasteiger partial charge >= 0.3 is 5.97 Å². The van der Waals surface area contributed by atoms with Gasteiger partial charge in [-0.2, -0.15) is 0 Å². The van der Waals surface area contributed by atoms with E-state index in [1.807, 2.05) is 12.2 Å². The number of rotatable bonds is 6. The number of carbonyl (C=O) groups is 5. The van der Waals surface area contributed by atoms with Crippen molar-refractivity contribution >= 4 is 45.9 Å². The molecule has 1 aliphatic heterocycles. The molecule has 0 aromatic carbocycles. The normalized spacial score (nSPS) is 22.8. The van der Waals surface area contributed by atoms with Crippen molar-refractivity contribution in [3.8, 4) is 0 Å². The average Bonchev–Trinajstić information content (AvgIpc) is 3.38. The number of imide groups is 1. The Balaban J connectivity index is 1.36. The lowest BCUT2D eigenvalue weighted by Gasteiger charge is -2.21. The second-order valence-corrected chi connectivity index (χ2v) is 9.07. The van der Waals surface area contributed by atoms with Gasteiger partial charge in [0.1, 0.15) is 11.0 Å². The van der Waals surface area contributed by atoms with Gasteiger partial charge < -0.3 is 15.8 Å². The van der Waals surface area contributed by atoms with Crippen molar-refractivity contribution < 1.29 is 28.7 Å². The molecule has 9 nitrogen and oxygen atoms in total. The molecule has 10 heteroatoms. The summed E-state index contributed by atoms with van der Waals surface area (Å²) in [5.41, 5.74) is 6.66. The van der Waals surface area contributed by atoms with E-state index in [0.717, 1.165) is 34.6 Å². The minimum Gasteiger partial charge on any atom is -0.454 e. The Morgan fingerprint density at radius 3 is 2.45 bits per heavy atom. The Morgan fingerprint density at radius 2 is 1.84 bits per heavy atom. The summed E-state index contributed by atoms with van der Waals surface area (Å²) < 4.78 is 5.05. The molecule has 0 radical (unpaired) electrons. The van der Waals surface area contributed by atoms with E-state index in [4.69, 9.17) is 10.5 Å². The number of ether oxygens (including phenoxy) is 1. The van der Waals surface area contributed by atoms with Gasteiger partial charge in [0.2, 0.25) is 11.8 Å². The van der Waals surface area contributed by atoms with Gasteiger partial charge in [-0.3, -0.25) is 24.1 Å². The summed E-state index contributed by atoms with van der Waals surface area (Å²) in [5, 5.41) is 2.94. The van der Waals surface area contributed by atoms with Crippen molar-refractivity contribution in [2.24, 2.45) is 17.6 Å². The largest absolute Gasteiger partial charge is 0.454 e. The molecule has 4 amide bonds. The third kappa shape index (κ3) is 3.76. The Kier molecular flexibility index (Phi) is 5.65. The first-order valence-electron chi connectivity index (χ1n) is 10.2. The minimum atomic E-state index is -1.12. The number of anilines is 1. The number of carbonyl (C=O) groups excluding carboxylic acids is 5. The molecule has 2 heterocycles. The Labute approximate surface area is 182 Å². The van der Waals surface area contributed by atoms with Crippen LogP contribution in [0.5, 0.6) is 0 Å². The highest BCUT2D eigenvalue weighted by atomic mass is 32.1. The van der Waals surface area contributed by atoms with E-state index < -0.39 is 42.3 Å². The van der Waals surface area contributed by atoms with Crippen LogP contribution in [0, 0.1) is 11.8 Å². The van der Waals surface area contributed by atoms with Gasteiger partial charge in [0, 0.05) is 4.88 Å². The third-order valence-corrected chi connectivity index (χ3v) is 7.24. The first kappa shape index (κ1) is 21.2. The number of hydrogen-bond acceptors (Lipinski definition) is 7. The van der Waals surface area contributed by atoms with E-state index in [1.54, 1.807) is 0 Å². The smallest absolute Gasteiger partial charge is 0.329 e. The highest BCUT2D eigenvalue weighted by molar-refractivity contribution is 7.17. The fourth-order valence-corrected chi connectivity index (χ4v) is 5.80. The molecule has 0 bridgehead atoms. The first-order chi connectivity index (χ1) is 14.8. The lowest BCUT2D eigenvalue weighted by Crippen LogP contribution is -2.45. The molecule has 0 unspecified atom stereocenters. The molecule has 1 fully saturated rings. The molecule has 1 saturated heterocycles. The summed E-state index contributed by atoms with van der Waals surface area (Å²) in [6.07, 6.45) is 7.19. The maximum Gasteiger partial charge on any atom is 0.329 e. The number of amides is 4. The number of nitrogens with zero attached hydrogens (tertiary/aromatic N) is 1. The van der Waals surface area contributed by atoms with Crippen LogP contribution >= 0.6 is 11.3 Å². The van der Waals surface area contributed by atoms with E-state index in [-0.39, 0.29) is 11.8 Å². The standard InChI is InChI=1S/C21H23N3O6S/c1-10(24-19(27)11-5-2-3-6-12(11)20(24)28)21(29)30-9-15(25)23-18-16(17(22)26)13-7-4-8-14(13)31-18/h2-3,10-12H,4-9H2,1H3,(H2,22,26)(H,23,25)/t10-,11+,12+/m0/s1. The molecular weight excluding hydrogens is 422 g/mol. The van der Waals surface area contributed by atoms with Crippen molar-refractivity contribution in [1.82, 2.24) is 4.90 Å². The molecule has 3 atom stereocenters. The van der Waals surface area contributed by atoms with E-state index in [1.165, 1.54) is 18.3 Å². The predicted molar refractivity (Wildman–Crippen MR) is 111 cm³/mol. The molecular formula is C21H23N3O6S. The first-order valence-corrected chi connectivity index (χ1v) is 11.0. The molecule has 1 aromatic rings. The Bertz CT molecular complexity index is 987. The Morgan fingerprint density at radius 1 is 1.19 bits per heavy atom. The van der Waals surface area contributed by atoms with Gasteiger partial charge in [0.15, 0.2) is 6.61 Å². The van der Waals surface area contributed by atoms with E-state index in [2.05, 4.69) is 5.32 Å². The van der Waals surface area contributed by atoms with E-state index in [9.17, 15) is 24.0 Å². The maximum atomic E-state index is 12.6. The topological polar surface area (TPSA) is 136 Å². The van der Waals surface area contributed by atoms with Gasteiger partial charge in [-0.1, -0.05) is 12.2 Å². The van der Waals surface area contributed by atoms with Crippen LogP contribution < -0.4 is 11.1 Å². The SMILES string of the molecule is C[C@@H](C(=O)OCC(=O)Nc1sc2c(c1C(N)=O)CCC2)N1C(=O)[C@@H]2CC=CC[C@H]2C1=O. The minimum absolute atomic E-state index is 0.315. The number of nitrogens with two attached hydrogens (primary N) is 1. The Hall–Kier alpha value is -3.01. The average molecular weight is 445 g/mol. The van der Waals surface area contributed by atoms with Gasteiger partial charge in [-0.05, 0) is 44.6 Å². The van der Waals surface area contributed by atoms with Crippen LogP contribution in [0.25, 0.3) is 0 Å². The van der Waals surface area contributed by atoms with Crippen LogP contribution in [0.2, 0.25) is 0 Å². The number of aryl methyl sites for hydroxylation is 1. The van der Waals surface area contributed by atoms with Crippen molar-refractivity contribution in [2.75, 3.05) is 11.9 Å². The van der Waals surface area contributed by atoms with Crippen LogP contribution in [0.1, 0.15) is 47.0 Å². The zero-order valence-corrected chi connectivity index (χ0v) is 17.8. The second-order valence-electron chi connectivity index (χ2n) is 7.96. The number of thiophene rings is 1. The number of allylic oxidation sites excluding steroid dienone is 2. The number of nitrogens with one attached hydrogen (secondary N) is 1. The maximum absolute atomic E-state index is 12.6. The summed E-state index contributed by atoms with van der Waals surface area (Å²) in [5.74, 6) is -3.72. The third-order valence-electron chi connectivity index (χ3n) is 6.04. The number of primary amides is 1. The molecule has 1 aromatic heterocycles. The summed E-state index contributed by atoms with van der Waals surface area (Å²) in [4.78, 5) is 63.7. The van der Waals surface area contributed by atoms with Gasteiger partial charge in [-0.15, -0.1) is 11.3 Å². The summed E-state index contributed by atoms with van der Waals surface area (Å²) >= 11 is 1.30. The highest BCUT2D eigenvalue weighted by Crippen LogP contribution is 2.39. The number of esters is 1. The number of likely N-dealkylation sites (tertiary alicyclic amines) is 1. The van der Waals surface area contributed by atoms with Crippen molar-refractivity contribution in [2.45, 2.75) is 45.1 Å². The van der Waals surface area contributed by atoms with Crippen molar-refractivity contribution in [3.05, 3.63) is 28.2 Å². The monoisotopic (exact) mass is 445 g/mol. The molecule has 3 N–H and O–H groups in total. The van der Waals surface area contributed by atoms with Gasteiger partial charge in [0.05, 0.1) is 17.4 Å². The lowest BCUT2D eigenvalue weighted by molar-refractivity contribution is -0.159. The summed E-state index contributed by atoms with van der Waals surface area (Å²) in [7, 11) is 0. The fourth-order valence-electron chi connectivity index (χ4n) is 4.49. The molecule has 4 rings (SSSR count). The second kappa shape index (κ2) is 8.26. The van der Waals surface area contributed by atoms with Gasteiger partial charge in [0.25, 0.3) is 11.8 Å². The molecule has 31 heavy (non-hydrogen) atoms. The van der Waals surface area contributed by atoms with Crippen molar-refractivity contribution in [1.29, 1.82) is 0 Å². The van der Waals surface area contributed by atoms with Crippen LogP contribution in [0.3, 0.4) is 0 Å². The van der Waals surface area contributed by atoms with Gasteiger partial charge in [-0.25, -0.2) is 4.79 Å². The van der Waals surface area contributed by atoms with Crippen LogP contribution in [0.15, 0.2) is 12.2 Å². The predicted octanol–water partition coefficient (Wildman–Crippen LogP) is 1.16. The lowest BCUT2D eigenvalue weighted by atomic mass is 9.85. The van der Waals surface area contributed by atoms with E-state index >= 15 is 0 Å². The molecule has 164 valence electrons. The zero-order valence-electron chi connectivity index (χ0n) is 17.0. The number of fused-ring (bicyclic) bond motifs is 2. The molecule has 3 aliphatic rings. The highest BCUT2D eigenvalue weighted by Gasteiger charge is 2.50.